The van der Waals surface area contributed by atoms with Crippen LogP contribution in [0.2, 0.25) is 0 Å². The van der Waals surface area contributed by atoms with Gasteiger partial charge in [0.05, 0.1) is 0 Å². The SMILES string of the molecule is NC(CNC(=O)c1cccc(I)c1)c1ccccc1. The van der Waals surface area contributed by atoms with E-state index in [1.165, 1.54) is 0 Å². The summed E-state index contributed by atoms with van der Waals surface area (Å²) in [5, 5.41) is 2.86. The Balaban J connectivity index is 1.94. The molecule has 0 radical (unpaired) electrons. The highest BCUT2D eigenvalue weighted by molar-refractivity contribution is 14.1. The van der Waals surface area contributed by atoms with E-state index in [0.717, 1.165) is 9.13 Å². The molecule has 0 bridgehead atoms. The number of hydrogen-bond acceptors (Lipinski definition) is 2. The van der Waals surface area contributed by atoms with E-state index in [-0.39, 0.29) is 11.9 Å². The van der Waals surface area contributed by atoms with Crippen LogP contribution < -0.4 is 11.1 Å². The molecule has 1 amide bonds. The van der Waals surface area contributed by atoms with Crippen molar-refractivity contribution in [3.05, 3.63) is 69.3 Å². The number of benzene rings is 2. The van der Waals surface area contributed by atoms with Gasteiger partial charge >= 0.3 is 0 Å². The maximum absolute atomic E-state index is 12.0. The van der Waals surface area contributed by atoms with Crippen molar-refractivity contribution in [1.82, 2.24) is 5.32 Å². The summed E-state index contributed by atoms with van der Waals surface area (Å²) in [6.07, 6.45) is 0. The Morgan fingerprint density at radius 3 is 2.58 bits per heavy atom. The summed E-state index contributed by atoms with van der Waals surface area (Å²) in [6, 6.07) is 17.0. The van der Waals surface area contributed by atoms with Gasteiger partial charge in [0.25, 0.3) is 5.91 Å². The molecule has 0 spiro atoms. The van der Waals surface area contributed by atoms with E-state index in [1.807, 2.05) is 48.5 Å². The van der Waals surface area contributed by atoms with E-state index in [4.69, 9.17) is 5.73 Å². The molecule has 98 valence electrons. The van der Waals surface area contributed by atoms with Gasteiger partial charge in [-0.05, 0) is 46.4 Å². The van der Waals surface area contributed by atoms with E-state index >= 15 is 0 Å². The first-order chi connectivity index (χ1) is 9.16. The van der Waals surface area contributed by atoms with Gasteiger partial charge in [0.15, 0.2) is 0 Å². The van der Waals surface area contributed by atoms with Gasteiger partial charge < -0.3 is 11.1 Å². The second-order valence-electron chi connectivity index (χ2n) is 4.24. The summed E-state index contributed by atoms with van der Waals surface area (Å²) >= 11 is 2.19. The Morgan fingerprint density at radius 1 is 1.16 bits per heavy atom. The molecule has 1 unspecified atom stereocenters. The third-order valence-corrected chi connectivity index (χ3v) is 3.47. The normalized spacial score (nSPS) is 11.9. The summed E-state index contributed by atoms with van der Waals surface area (Å²) in [5.74, 6) is -0.0927. The first kappa shape index (κ1) is 14.0. The number of carbonyl (C=O) groups excluding carboxylic acids is 1. The second kappa shape index (κ2) is 6.68. The largest absolute Gasteiger partial charge is 0.350 e. The van der Waals surface area contributed by atoms with Crippen LogP contribution in [0.4, 0.5) is 0 Å². The Morgan fingerprint density at radius 2 is 1.89 bits per heavy atom. The third kappa shape index (κ3) is 4.04. The minimum absolute atomic E-state index is 0.0927. The number of amides is 1. The van der Waals surface area contributed by atoms with Gasteiger partial charge in [-0.25, -0.2) is 0 Å². The highest BCUT2D eigenvalue weighted by Crippen LogP contribution is 2.10. The quantitative estimate of drug-likeness (QED) is 0.818. The minimum Gasteiger partial charge on any atom is -0.350 e. The van der Waals surface area contributed by atoms with Gasteiger partial charge in [-0.1, -0.05) is 36.4 Å². The minimum atomic E-state index is -0.187. The Labute approximate surface area is 126 Å². The number of nitrogens with one attached hydrogen (secondary N) is 1. The van der Waals surface area contributed by atoms with Crippen LogP contribution in [0.25, 0.3) is 0 Å². The summed E-state index contributed by atoms with van der Waals surface area (Å²) in [4.78, 5) is 12.0. The van der Waals surface area contributed by atoms with Crippen LogP contribution in [0.15, 0.2) is 54.6 Å². The van der Waals surface area contributed by atoms with Gasteiger partial charge in [0.1, 0.15) is 0 Å². The number of nitrogens with two attached hydrogens (primary N) is 1. The zero-order valence-electron chi connectivity index (χ0n) is 10.3. The molecule has 19 heavy (non-hydrogen) atoms. The molecule has 0 aliphatic rings. The lowest BCUT2D eigenvalue weighted by Gasteiger charge is -2.13. The standard InChI is InChI=1S/C15H15IN2O/c16-13-8-4-7-12(9-13)15(19)18-10-14(17)11-5-2-1-3-6-11/h1-9,14H,10,17H2,(H,18,19). The van der Waals surface area contributed by atoms with Crippen LogP contribution in [0.5, 0.6) is 0 Å². The van der Waals surface area contributed by atoms with Crippen LogP contribution >= 0.6 is 22.6 Å². The molecule has 1 atom stereocenters. The van der Waals surface area contributed by atoms with E-state index in [1.54, 1.807) is 6.07 Å². The summed E-state index contributed by atoms with van der Waals surface area (Å²) in [5.41, 5.74) is 7.71. The summed E-state index contributed by atoms with van der Waals surface area (Å²) in [7, 11) is 0. The predicted molar refractivity (Wildman–Crippen MR) is 84.9 cm³/mol. The third-order valence-electron chi connectivity index (χ3n) is 2.80. The molecule has 2 aromatic rings. The monoisotopic (exact) mass is 366 g/mol. The average Bonchev–Trinajstić information content (AvgIpc) is 2.45. The van der Waals surface area contributed by atoms with Gasteiger partial charge in [-0.15, -0.1) is 0 Å². The second-order valence-corrected chi connectivity index (χ2v) is 5.48. The Bertz CT molecular complexity index is 557. The van der Waals surface area contributed by atoms with Crippen LogP contribution in [-0.2, 0) is 0 Å². The fourth-order valence-electron chi connectivity index (χ4n) is 1.75. The van der Waals surface area contributed by atoms with Crippen LogP contribution in [-0.4, -0.2) is 12.5 Å². The average molecular weight is 366 g/mol. The maximum atomic E-state index is 12.0. The maximum Gasteiger partial charge on any atom is 0.251 e. The molecule has 0 aliphatic heterocycles. The first-order valence-electron chi connectivity index (χ1n) is 6.01. The van der Waals surface area contributed by atoms with Crippen molar-refractivity contribution >= 4 is 28.5 Å². The molecule has 4 heteroatoms. The first-order valence-corrected chi connectivity index (χ1v) is 7.09. The lowest BCUT2D eigenvalue weighted by atomic mass is 10.1. The Kier molecular flexibility index (Phi) is 4.93. The van der Waals surface area contributed by atoms with E-state index in [0.29, 0.717) is 12.1 Å². The fraction of sp³-hybridized carbons (Fsp3) is 0.133. The van der Waals surface area contributed by atoms with E-state index in [9.17, 15) is 4.79 Å². The number of halogens is 1. The number of rotatable bonds is 4. The Hall–Kier alpha value is -1.40. The molecule has 2 aromatic carbocycles. The lowest BCUT2D eigenvalue weighted by Crippen LogP contribution is -2.31. The summed E-state index contributed by atoms with van der Waals surface area (Å²) in [6.45, 7) is 0.425. The van der Waals surface area contributed by atoms with Crippen molar-refractivity contribution in [2.45, 2.75) is 6.04 Å². The topological polar surface area (TPSA) is 55.1 Å². The molecule has 0 aromatic heterocycles. The highest BCUT2D eigenvalue weighted by atomic mass is 127. The smallest absolute Gasteiger partial charge is 0.251 e. The van der Waals surface area contributed by atoms with Crippen molar-refractivity contribution < 1.29 is 4.79 Å². The zero-order valence-corrected chi connectivity index (χ0v) is 12.5. The van der Waals surface area contributed by atoms with Crippen molar-refractivity contribution in [2.75, 3.05) is 6.54 Å². The zero-order chi connectivity index (χ0) is 13.7. The molecule has 0 heterocycles. The molecular weight excluding hydrogens is 351 g/mol. The van der Waals surface area contributed by atoms with Gasteiger partial charge in [0.2, 0.25) is 0 Å². The van der Waals surface area contributed by atoms with Crippen molar-refractivity contribution in [1.29, 1.82) is 0 Å². The fourth-order valence-corrected chi connectivity index (χ4v) is 2.30. The van der Waals surface area contributed by atoms with E-state index < -0.39 is 0 Å². The van der Waals surface area contributed by atoms with Gasteiger partial charge in [0, 0.05) is 21.7 Å². The van der Waals surface area contributed by atoms with Crippen molar-refractivity contribution in [2.24, 2.45) is 5.73 Å². The lowest BCUT2D eigenvalue weighted by molar-refractivity contribution is 0.0951. The van der Waals surface area contributed by atoms with Gasteiger partial charge in [-0.2, -0.15) is 0 Å². The molecule has 0 saturated carbocycles. The van der Waals surface area contributed by atoms with Crippen LogP contribution in [0, 0.1) is 3.57 Å². The van der Waals surface area contributed by atoms with Crippen LogP contribution in [0.1, 0.15) is 22.0 Å². The highest BCUT2D eigenvalue weighted by Gasteiger charge is 2.09. The molecule has 3 nitrogen and oxygen atoms in total. The molecule has 0 fully saturated rings. The number of hydrogen-bond donors (Lipinski definition) is 2. The molecule has 2 rings (SSSR count). The molecule has 0 saturated heterocycles. The summed E-state index contributed by atoms with van der Waals surface area (Å²) < 4.78 is 1.04. The van der Waals surface area contributed by atoms with E-state index in [2.05, 4.69) is 27.9 Å². The molecule has 3 N–H and O–H groups in total. The molecular formula is C15H15IN2O. The van der Waals surface area contributed by atoms with Crippen LogP contribution in [0.3, 0.4) is 0 Å². The van der Waals surface area contributed by atoms with Gasteiger partial charge in [-0.3, -0.25) is 4.79 Å². The number of carbonyl (C=O) groups is 1. The predicted octanol–water partition coefficient (Wildman–Crippen LogP) is 2.72. The molecule has 0 aliphatic carbocycles. The van der Waals surface area contributed by atoms with Crippen molar-refractivity contribution in [3.63, 3.8) is 0 Å². The van der Waals surface area contributed by atoms with Crippen molar-refractivity contribution in [3.8, 4) is 0 Å².